The van der Waals surface area contributed by atoms with Crippen LogP contribution in [0.5, 0.6) is 22.4 Å². The van der Waals surface area contributed by atoms with Gasteiger partial charge in [0, 0.05) is 24.2 Å². The number of benzene rings is 2. The van der Waals surface area contributed by atoms with Crippen LogP contribution in [-0.2, 0) is 11.3 Å². The Balaban J connectivity index is 1.43. The van der Waals surface area contributed by atoms with Crippen molar-refractivity contribution >= 4 is 17.2 Å². The number of methoxy groups -OCH3 is 1. The fraction of sp³-hybridized carbons (Fsp3) is 0.158. The van der Waals surface area contributed by atoms with E-state index in [1.807, 2.05) is 35.7 Å². The Bertz CT molecular complexity index is 835. The van der Waals surface area contributed by atoms with Gasteiger partial charge in [0.25, 0.3) is 11.1 Å². The standard InChI is InChI=1S/C19H18N2O4S/c1-23-16-3-2-4-17(11-16)24-13-18(22)21-12-14-5-7-15(8-6-14)25-19-20-9-10-26-19/h2-11H,12-13H2,1H3,(H,21,22). The van der Waals surface area contributed by atoms with E-state index in [-0.39, 0.29) is 12.5 Å². The molecule has 26 heavy (non-hydrogen) atoms. The first-order valence-electron chi connectivity index (χ1n) is 7.93. The van der Waals surface area contributed by atoms with Gasteiger partial charge in [0.2, 0.25) is 0 Å². The predicted octanol–water partition coefficient (Wildman–Crippen LogP) is 3.64. The molecule has 0 bridgehead atoms. The van der Waals surface area contributed by atoms with Crippen molar-refractivity contribution in [3.8, 4) is 22.4 Å². The number of amides is 1. The highest BCUT2D eigenvalue weighted by Gasteiger charge is 2.05. The normalized spacial score (nSPS) is 10.2. The van der Waals surface area contributed by atoms with Crippen molar-refractivity contribution in [3.05, 3.63) is 65.7 Å². The van der Waals surface area contributed by atoms with Gasteiger partial charge in [-0.3, -0.25) is 4.79 Å². The Morgan fingerprint density at radius 1 is 1.12 bits per heavy atom. The first kappa shape index (κ1) is 17.8. The molecule has 3 aromatic rings. The average Bonchev–Trinajstić information content (AvgIpc) is 3.19. The molecule has 0 spiro atoms. The summed E-state index contributed by atoms with van der Waals surface area (Å²) in [4.78, 5) is 16.0. The molecule has 134 valence electrons. The van der Waals surface area contributed by atoms with Gasteiger partial charge in [-0.15, -0.1) is 0 Å². The number of carbonyl (C=O) groups excluding carboxylic acids is 1. The first-order chi connectivity index (χ1) is 12.7. The molecule has 0 atom stereocenters. The molecule has 1 aromatic heterocycles. The lowest BCUT2D eigenvalue weighted by Gasteiger charge is -2.09. The number of ether oxygens (including phenoxy) is 3. The minimum atomic E-state index is -0.198. The minimum absolute atomic E-state index is 0.0571. The van der Waals surface area contributed by atoms with Crippen molar-refractivity contribution in [1.82, 2.24) is 10.3 Å². The molecular formula is C19H18N2O4S. The van der Waals surface area contributed by atoms with E-state index in [4.69, 9.17) is 14.2 Å². The molecule has 0 saturated carbocycles. The first-order valence-corrected chi connectivity index (χ1v) is 8.81. The summed E-state index contributed by atoms with van der Waals surface area (Å²) in [5.41, 5.74) is 0.964. The summed E-state index contributed by atoms with van der Waals surface area (Å²) in [7, 11) is 1.58. The highest BCUT2D eigenvalue weighted by atomic mass is 32.1. The number of hydrogen-bond acceptors (Lipinski definition) is 6. The Labute approximate surface area is 155 Å². The van der Waals surface area contributed by atoms with Gasteiger partial charge in [0.05, 0.1) is 7.11 Å². The SMILES string of the molecule is COc1cccc(OCC(=O)NCc2ccc(Oc3nccs3)cc2)c1. The number of nitrogens with one attached hydrogen (secondary N) is 1. The molecular weight excluding hydrogens is 352 g/mol. The molecule has 0 fully saturated rings. The van der Waals surface area contributed by atoms with Crippen LogP contribution >= 0.6 is 11.3 Å². The minimum Gasteiger partial charge on any atom is -0.497 e. The number of aromatic nitrogens is 1. The average molecular weight is 370 g/mol. The highest BCUT2D eigenvalue weighted by Crippen LogP contribution is 2.23. The number of rotatable bonds is 8. The summed E-state index contributed by atoms with van der Waals surface area (Å²) in [6.45, 7) is 0.357. The van der Waals surface area contributed by atoms with Gasteiger partial charge in [-0.25, -0.2) is 4.98 Å². The third kappa shape index (κ3) is 5.22. The summed E-state index contributed by atoms with van der Waals surface area (Å²) in [6, 6.07) is 14.6. The predicted molar refractivity (Wildman–Crippen MR) is 99.0 cm³/mol. The van der Waals surface area contributed by atoms with Gasteiger partial charge in [-0.1, -0.05) is 29.5 Å². The molecule has 0 aliphatic carbocycles. The van der Waals surface area contributed by atoms with Crippen molar-refractivity contribution in [2.75, 3.05) is 13.7 Å². The van der Waals surface area contributed by atoms with Gasteiger partial charge >= 0.3 is 0 Å². The fourth-order valence-electron chi connectivity index (χ4n) is 2.13. The molecule has 1 heterocycles. The summed E-state index contributed by atoms with van der Waals surface area (Å²) >= 11 is 1.43. The Hall–Kier alpha value is -3.06. The maximum atomic E-state index is 11.9. The molecule has 1 amide bonds. The molecule has 2 aromatic carbocycles. The van der Waals surface area contributed by atoms with Gasteiger partial charge in [0.1, 0.15) is 17.2 Å². The molecule has 1 N–H and O–H groups in total. The monoisotopic (exact) mass is 370 g/mol. The number of nitrogens with zero attached hydrogens (tertiary/aromatic N) is 1. The second kappa shape index (κ2) is 8.87. The Kier molecular flexibility index (Phi) is 6.05. The van der Waals surface area contributed by atoms with Crippen LogP contribution in [0.2, 0.25) is 0 Å². The van der Waals surface area contributed by atoms with Crippen LogP contribution in [-0.4, -0.2) is 24.6 Å². The van der Waals surface area contributed by atoms with E-state index >= 15 is 0 Å². The van der Waals surface area contributed by atoms with Gasteiger partial charge in [0.15, 0.2) is 6.61 Å². The van der Waals surface area contributed by atoms with Crippen molar-refractivity contribution in [2.45, 2.75) is 6.54 Å². The van der Waals surface area contributed by atoms with Gasteiger partial charge in [-0.05, 0) is 29.8 Å². The molecule has 0 aliphatic heterocycles. The molecule has 6 nitrogen and oxygen atoms in total. The summed E-state index contributed by atoms with van der Waals surface area (Å²) in [6.07, 6.45) is 1.69. The van der Waals surface area contributed by atoms with Crippen molar-refractivity contribution in [1.29, 1.82) is 0 Å². The molecule has 0 unspecified atom stereocenters. The smallest absolute Gasteiger partial charge is 0.278 e. The third-order valence-corrected chi connectivity index (χ3v) is 4.09. The van der Waals surface area contributed by atoms with Crippen LogP contribution in [0.15, 0.2) is 60.1 Å². The molecule has 0 radical (unpaired) electrons. The van der Waals surface area contributed by atoms with Gasteiger partial charge in [-0.2, -0.15) is 0 Å². The summed E-state index contributed by atoms with van der Waals surface area (Å²) < 4.78 is 16.2. The van der Waals surface area contributed by atoms with Crippen LogP contribution in [0, 0.1) is 0 Å². The Morgan fingerprint density at radius 2 is 1.92 bits per heavy atom. The Morgan fingerprint density at radius 3 is 2.65 bits per heavy atom. The lowest BCUT2D eigenvalue weighted by atomic mass is 10.2. The van der Waals surface area contributed by atoms with Crippen molar-refractivity contribution < 1.29 is 19.0 Å². The third-order valence-electron chi connectivity index (χ3n) is 3.44. The number of thiazole rings is 1. The zero-order valence-electron chi connectivity index (χ0n) is 14.2. The topological polar surface area (TPSA) is 69.7 Å². The van der Waals surface area contributed by atoms with Crippen LogP contribution in [0.4, 0.5) is 0 Å². The zero-order valence-corrected chi connectivity index (χ0v) is 15.0. The zero-order chi connectivity index (χ0) is 18.2. The van der Waals surface area contributed by atoms with Crippen molar-refractivity contribution in [2.24, 2.45) is 0 Å². The lowest BCUT2D eigenvalue weighted by Crippen LogP contribution is -2.28. The molecule has 7 heteroatoms. The van der Waals surface area contributed by atoms with E-state index in [0.29, 0.717) is 29.0 Å². The van der Waals surface area contributed by atoms with Crippen LogP contribution in [0.1, 0.15) is 5.56 Å². The molecule has 3 rings (SSSR count). The molecule has 0 saturated heterocycles. The lowest BCUT2D eigenvalue weighted by molar-refractivity contribution is -0.123. The van der Waals surface area contributed by atoms with Crippen LogP contribution < -0.4 is 19.5 Å². The second-order valence-electron chi connectivity index (χ2n) is 5.29. The van der Waals surface area contributed by atoms with Crippen molar-refractivity contribution in [3.63, 3.8) is 0 Å². The van der Waals surface area contributed by atoms with E-state index < -0.39 is 0 Å². The van der Waals surface area contributed by atoms with E-state index in [1.165, 1.54) is 11.3 Å². The van der Waals surface area contributed by atoms with Crippen LogP contribution in [0.3, 0.4) is 0 Å². The highest BCUT2D eigenvalue weighted by molar-refractivity contribution is 7.11. The number of carbonyl (C=O) groups is 1. The number of hydrogen-bond donors (Lipinski definition) is 1. The van der Waals surface area contributed by atoms with Crippen LogP contribution in [0.25, 0.3) is 0 Å². The quantitative estimate of drug-likeness (QED) is 0.656. The van der Waals surface area contributed by atoms with Gasteiger partial charge < -0.3 is 19.5 Å². The maximum absolute atomic E-state index is 11.9. The summed E-state index contributed by atoms with van der Waals surface area (Å²) in [5, 5.41) is 5.27. The van der Waals surface area contributed by atoms with E-state index in [0.717, 1.165) is 5.56 Å². The van der Waals surface area contributed by atoms with E-state index in [9.17, 15) is 4.79 Å². The fourth-order valence-corrected chi connectivity index (χ4v) is 2.63. The summed E-state index contributed by atoms with van der Waals surface area (Å²) in [5.74, 6) is 1.78. The van der Waals surface area contributed by atoms with E-state index in [1.54, 1.807) is 31.5 Å². The largest absolute Gasteiger partial charge is 0.497 e. The van der Waals surface area contributed by atoms with E-state index in [2.05, 4.69) is 10.3 Å². The second-order valence-corrected chi connectivity index (χ2v) is 6.15. The maximum Gasteiger partial charge on any atom is 0.278 e. The molecule has 0 aliphatic rings.